The Morgan fingerprint density at radius 1 is 1.44 bits per heavy atom. The number of hydrogen-bond donors (Lipinski definition) is 3. The van der Waals surface area contributed by atoms with Gasteiger partial charge in [-0.1, -0.05) is 12.8 Å². The highest BCUT2D eigenvalue weighted by atomic mass is 16.2. The summed E-state index contributed by atoms with van der Waals surface area (Å²) in [6.07, 6.45) is 4.41. The summed E-state index contributed by atoms with van der Waals surface area (Å²) in [5.74, 6) is 5.25. The summed E-state index contributed by atoms with van der Waals surface area (Å²) in [5.41, 5.74) is 2.51. The van der Waals surface area contributed by atoms with Crippen LogP contribution in [-0.2, 0) is 9.59 Å². The van der Waals surface area contributed by atoms with E-state index in [4.69, 9.17) is 5.84 Å². The number of aliphatic imine (C=N–C) groups is 1. The fraction of sp³-hybridized carbons (Fsp3) is 0.727. The molecule has 1 heterocycles. The van der Waals surface area contributed by atoms with Crippen LogP contribution in [0.2, 0.25) is 0 Å². The van der Waals surface area contributed by atoms with Crippen LogP contribution in [0.5, 0.6) is 0 Å². The second-order valence-electron chi connectivity index (χ2n) is 4.75. The Morgan fingerprint density at radius 3 is 2.72 bits per heavy atom. The van der Waals surface area contributed by atoms with E-state index in [0.29, 0.717) is 5.96 Å². The van der Waals surface area contributed by atoms with Gasteiger partial charge in [-0.15, -0.1) is 0 Å². The van der Waals surface area contributed by atoms with Crippen LogP contribution in [-0.4, -0.2) is 41.3 Å². The summed E-state index contributed by atoms with van der Waals surface area (Å²) in [7, 11) is 0. The number of carbonyl (C=O) groups is 2. The van der Waals surface area contributed by atoms with E-state index in [1.165, 1.54) is 12.8 Å². The third-order valence-electron chi connectivity index (χ3n) is 3.45. The van der Waals surface area contributed by atoms with Gasteiger partial charge in [-0.2, -0.15) is 0 Å². The average molecular weight is 253 g/mol. The second kappa shape index (κ2) is 5.34. The largest absolute Gasteiger partial charge is 0.321 e. The molecule has 18 heavy (non-hydrogen) atoms. The average Bonchev–Trinajstić information content (AvgIpc) is 2.84. The SMILES string of the molecule is CC1C(=O)NC(=O)CN1C(=NC1CCCC1)NN. The first-order valence-corrected chi connectivity index (χ1v) is 6.26. The quantitative estimate of drug-likeness (QED) is 0.185. The van der Waals surface area contributed by atoms with Crippen LogP contribution in [0, 0.1) is 0 Å². The smallest absolute Gasteiger partial charge is 0.249 e. The molecule has 1 saturated carbocycles. The van der Waals surface area contributed by atoms with Crippen molar-refractivity contribution in [3.05, 3.63) is 0 Å². The van der Waals surface area contributed by atoms with Crippen LogP contribution in [0.4, 0.5) is 0 Å². The molecule has 0 radical (unpaired) electrons. The highest BCUT2D eigenvalue weighted by Crippen LogP contribution is 2.21. The molecule has 1 aliphatic heterocycles. The number of nitrogens with one attached hydrogen (secondary N) is 2. The van der Waals surface area contributed by atoms with E-state index in [0.717, 1.165) is 12.8 Å². The molecule has 4 N–H and O–H groups in total. The summed E-state index contributed by atoms with van der Waals surface area (Å²) >= 11 is 0. The van der Waals surface area contributed by atoms with Gasteiger partial charge in [0.1, 0.15) is 12.6 Å². The Bertz CT molecular complexity index is 376. The number of rotatable bonds is 1. The lowest BCUT2D eigenvalue weighted by molar-refractivity contribution is -0.137. The molecule has 1 saturated heterocycles. The Labute approximate surface area is 106 Å². The lowest BCUT2D eigenvalue weighted by atomic mass is 10.2. The van der Waals surface area contributed by atoms with Crippen LogP contribution < -0.4 is 16.6 Å². The molecular formula is C11H19N5O2. The molecule has 100 valence electrons. The number of nitrogens with two attached hydrogens (primary N) is 1. The maximum Gasteiger partial charge on any atom is 0.249 e. The molecule has 0 aromatic carbocycles. The first-order chi connectivity index (χ1) is 8.61. The van der Waals surface area contributed by atoms with Crippen molar-refractivity contribution in [2.75, 3.05) is 6.54 Å². The molecular weight excluding hydrogens is 234 g/mol. The van der Waals surface area contributed by atoms with Gasteiger partial charge in [-0.3, -0.25) is 20.3 Å². The summed E-state index contributed by atoms with van der Waals surface area (Å²) in [5, 5.41) is 2.29. The molecule has 7 nitrogen and oxygen atoms in total. The molecule has 1 unspecified atom stereocenters. The lowest BCUT2D eigenvalue weighted by Gasteiger charge is -2.33. The maximum absolute atomic E-state index is 11.6. The first-order valence-electron chi connectivity index (χ1n) is 6.26. The third-order valence-corrected chi connectivity index (χ3v) is 3.45. The normalized spacial score (nSPS) is 26.4. The molecule has 2 amide bonds. The van der Waals surface area contributed by atoms with E-state index in [1.807, 2.05) is 0 Å². The monoisotopic (exact) mass is 253 g/mol. The minimum Gasteiger partial charge on any atom is -0.321 e. The zero-order chi connectivity index (χ0) is 13.1. The van der Waals surface area contributed by atoms with Gasteiger partial charge in [0.05, 0.1) is 6.04 Å². The van der Waals surface area contributed by atoms with E-state index < -0.39 is 6.04 Å². The van der Waals surface area contributed by atoms with Crippen LogP contribution in [0.1, 0.15) is 32.6 Å². The van der Waals surface area contributed by atoms with Crippen LogP contribution in [0.25, 0.3) is 0 Å². The van der Waals surface area contributed by atoms with Gasteiger partial charge < -0.3 is 4.90 Å². The number of amides is 2. The summed E-state index contributed by atoms with van der Waals surface area (Å²) in [6, 6.07) is -0.206. The molecule has 2 fully saturated rings. The first kappa shape index (κ1) is 12.8. The van der Waals surface area contributed by atoms with Gasteiger partial charge in [-0.25, -0.2) is 10.8 Å². The number of carbonyl (C=O) groups excluding carboxylic acids is 2. The van der Waals surface area contributed by atoms with Gasteiger partial charge in [-0.05, 0) is 19.8 Å². The van der Waals surface area contributed by atoms with Crippen LogP contribution >= 0.6 is 0 Å². The van der Waals surface area contributed by atoms with Gasteiger partial charge in [0.15, 0.2) is 0 Å². The van der Waals surface area contributed by atoms with Gasteiger partial charge in [0, 0.05) is 0 Å². The zero-order valence-corrected chi connectivity index (χ0v) is 10.5. The van der Waals surface area contributed by atoms with E-state index in [1.54, 1.807) is 11.8 Å². The van der Waals surface area contributed by atoms with E-state index in [9.17, 15) is 9.59 Å². The molecule has 0 bridgehead atoms. The fourth-order valence-corrected chi connectivity index (χ4v) is 2.37. The van der Waals surface area contributed by atoms with Gasteiger partial charge in [0.25, 0.3) is 0 Å². The van der Waals surface area contributed by atoms with E-state index in [-0.39, 0.29) is 24.4 Å². The molecule has 0 aromatic rings. The van der Waals surface area contributed by atoms with Crippen molar-refractivity contribution in [2.45, 2.75) is 44.7 Å². The van der Waals surface area contributed by atoms with Crippen LogP contribution in [0.3, 0.4) is 0 Å². The Hall–Kier alpha value is -1.63. The summed E-state index contributed by atoms with van der Waals surface area (Å²) in [6.45, 7) is 1.83. The highest BCUT2D eigenvalue weighted by molar-refractivity contribution is 6.04. The minimum absolute atomic E-state index is 0.0999. The lowest BCUT2D eigenvalue weighted by Crippen LogP contribution is -2.62. The molecule has 0 aromatic heterocycles. The minimum atomic E-state index is -0.445. The number of nitrogens with zero attached hydrogens (tertiary/aromatic N) is 2. The van der Waals surface area contributed by atoms with Gasteiger partial charge in [0.2, 0.25) is 17.8 Å². The van der Waals surface area contributed by atoms with Crippen molar-refractivity contribution in [3.8, 4) is 0 Å². The van der Waals surface area contributed by atoms with Crippen molar-refractivity contribution in [1.29, 1.82) is 0 Å². The summed E-state index contributed by atoms with van der Waals surface area (Å²) < 4.78 is 0. The Kier molecular flexibility index (Phi) is 3.81. The number of hydrazine groups is 1. The number of hydrogen-bond acceptors (Lipinski definition) is 4. The fourth-order valence-electron chi connectivity index (χ4n) is 2.37. The van der Waals surface area contributed by atoms with Gasteiger partial charge >= 0.3 is 0 Å². The Morgan fingerprint density at radius 2 is 2.11 bits per heavy atom. The van der Waals surface area contributed by atoms with E-state index >= 15 is 0 Å². The highest BCUT2D eigenvalue weighted by Gasteiger charge is 2.32. The van der Waals surface area contributed by atoms with Crippen LogP contribution in [0.15, 0.2) is 4.99 Å². The van der Waals surface area contributed by atoms with Crippen molar-refractivity contribution >= 4 is 17.8 Å². The van der Waals surface area contributed by atoms with Crippen molar-refractivity contribution < 1.29 is 9.59 Å². The second-order valence-corrected chi connectivity index (χ2v) is 4.75. The molecule has 1 aliphatic carbocycles. The molecule has 0 spiro atoms. The zero-order valence-electron chi connectivity index (χ0n) is 10.5. The number of imide groups is 1. The van der Waals surface area contributed by atoms with E-state index in [2.05, 4.69) is 15.7 Å². The van der Waals surface area contributed by atoms with Crippen molar-refractivity contribution in [1.82, 2.24) is 15.6 Å². The molecule has 1 atom stereocenters. The third kappa shape index (κ3) is 2.61. The maximum atomic E-state index is 11.6. The topological polar surface area (TPSA) is 99.8 Å². The predicted molar refractivity (Wildman–Crippen MR) is 66.3 cm³/mol. The van der Waals surface area contributed by atoms with Crippen molar-refractivity contribution in [3.63, 3.8) is 0 Å². The number of piperazine rings is 1. The summed E-state index contributed by atoms with van der Waals surface area (Å²) in [4.78, 5) is 29.1. The molecule has 7 heteroatoms. The van der Waals surface area contributed by atoms with Crippen molar-refractivity contribution in [2.24, 2.45) is 10.8 Å². The Balaban J connectivity index is 2.14. The predicted octanol–water partition coefficient (Wildman–Crippen LogP) is -0.905. The number of guanidine groups is 1. The standard InChI is InChI=1S/C11H19N5O2/c1-7-10(18)14-9(17)6-16(7)11(15-12)13-8-4-2-3-5-8/h7-8H,2-6,12H2,1H3,(H,13,15)(H,14,17,18). The molecule has 2 aliphatic rings. The molecule has 2 rings (SSSR count).